The molecular formula is C19H21NO4S. The first-order chi connectivity index (χ1) is 12.2. The Hall–Kier alpha value is -2.34. The number of hydrogen-bond acceptors (Lipinski definition) is 5. The number of carbonyl (C=O) groups is 1. The molecule has 0 aliphatic carbocycles. The van der Waals surface area contributed by atoms with Gasteiger partial charge in [-0.05, 0) is 43.3 Å². The lowest BCUT2D eigenvalue weighted by molar-refractivity contribution is -0.113. The predicted octanol–water partition coefficient (Wildman–Crippen LogP) is 3.98. The molecule has 0 fully saturated rings. The fraction of sp³-hybridized carbons (Fsp3) is 0.316. The van der Waals surface area contributed by atoms with Crippen LogP contribution in [0.3, 0.4) is 0 Å². The van der Waals surface area contributed by atoms with E-state index < -0.39 is 0 Å². The first-order valence-electron chi connectivity index (χ1n) is 8.30. The summed E-state index contributed by atoms with van der Waals surface area (Å²) in [5.74, 6) is 2.51. The summed E-state index contributed by atoms with van der Waals surface area (Å²) in [4.78, 5) is 13.2. The summed E-state index contributed by atoms with van der Waals surface area (Å²) in [5.41, 5.74) is 0.710. The lowest BCUT2D eigenvalue weighted by atomic mass is 10.2. The zero-order chi connectivity index (χ0) is 17.5. The summed E-state index contributed by atoms with van der Waals surface area (Å²) in [6.07, 6.45) is 0.856. The van der Waals surface area contributed by atoms with Crippen molar-refractivity contribution >= 4 is 23.4 Å². The van der Waals surface area contributed by atoms with Crippen molar-refractivity contribution in [2.45, 2.75) is 18.2 Å². The zero-order valence-corrected chi connectivity index (χ0v) is 14.9. The zero-order valence-electron chi connectivity index (χ0n) is 14.1. The molecule has 1 amide bonds. The minimum atomic E-state index is -0.0617. The van der Waals surface area contributed by atoms with Gasteiger partial charge in [0, 0.05) is 23.1 Å². The molecule has 0 bridgehead atoms. The maximum absolute atomic E-state index is 12.2. The van der Waals surface area contributed by atoms with Crippen molar-refractivity contribution in [2.75, 3.05) is 30.9 Å². The Labute approximate surface area is 151 Å². The minimum absolute atomic E-state index is 0.0617. The average Bonchev–Trinajstić information content (AvgIpc) is 2.86. The molecule has 25 heavy (non-hydrogen) atoms. The first kappa shape index (κ1) is 17.5. The van der Waals surface area contributed by atoms with Crippen LogP contribution in [0.1, 0.15) is 13.3 Å². The number of amides is 1. The molecule has 5 nitrogen and oxygen atoms in total. The SMILES string of the molecule is CCOc1ccc(SCC(=O)Nc2ccc3c(c2)OCCCO3)cc1. The van der Waals surface area contributed by atoms with Crippen molar-refractivity contribution in [3.05, 3.63) is 42.5 Å². The summed E-state index contributed by atoms with van der Waals surface area (Å²) in [6, 6.07) is 13.2. The van der Waals surface area contributed by atoms with E-state index >= 15 is 0 Å². The van der Waals surface area contributed by atoms with Crippen molar-refractivity contribution in [1.82, 2.24) is 0 Å². The van der Waals surface area contributed by atoms with E-state index in [2.05, 4.69) is 5.32 Å². The second-order valence-corrected chi connectivity index (χ2v) is 6.50. The first-order valence-corrected chi connectivity index (χ1v) is 9.28. The van der Waals surface area contributed by atoms with Crippen molar-refractivity contribution in [3.63, 3.8) is 0 Å². The number of carbonyl (C=O) groups excluding carboxylic acids is 1. The van der Waals surface area contributed by atoms with Gasteiger partial charge in [0.15, 0.2) is 11.5 Å². The number of hydrogen-bond donors (Lipinski definition) is 1. The summed E-state index contributed by atoms with van der Waals surface area (Å²) in [7, 11) is 0. The van der Waals surface area contributed by atoms with Crippen LogP contribution in [0.4, 0.5) is 5.69 Å². The van der Waals surface area contributed by atoms with E-state index in [1.54, 1.807) is 6.07 Å². The molecule has 1 aliphatic heterocycles. The third-order valence-electron chi connectivity index (χ3n) is 3.54. The van der Waals surface area contributed by atoms with E-state index in [1.807, 2.05) is 43.3 Å². The monoisotopic (exact) mass is 359 g/mol. The number of ether oxygens (including phenoxy) is 3. The van der Waals surface area contributed by atoms with E-state index in [0.29, 0.717) is 37.0 Å². The highest BCUT2D eigenvalue weighted by Crippen LogP contribution is 2.32. The molecule has 132 valence electrons. The molecule has 0 aromatic heterocycles. The molecule has 2 aromatic carbocycles. The minimum Gasteiger partial charge on any atom is -0.494 e. The third-order valence-corrected chi connectivity index (χ3v) is 4.55. The Bertz CT molecular complexity index is 718. The number of anilines is 1. The molecule has 2 aromatic rings. The van der Waals surface area contributed by atoms with E-state index in [9.17, 15) is 4.79 Å². The highest BCUT2D eigenvalue weighted by Gasteiger charge is 2.12. The highest BCUT2D eigenvalue weighted by atomic mass is 32.2. The quantitative estimate of drug-likeness (QED) is 0.791. The van der Waals surface area contributed by atoms with Gasteiger partial charge < -0.3 is 19.5 Å². The predicted molar refractivity (Wildman–Crippen MR) is 99.0 cm³/mol. The molecule has 0 unspecified atom stereocenters. The Kier molecular flexibility index (Phi) is 6.06. The molecule has 1 heterocycles. The standard InChI is InChI=1S/C19H21NO4S/c1-2-22-15-5-7-16(8-6-15)25-13-19(21)20-14-4-9-17-18(12-14)24-11-3-10-23-17/h4-9,12H,2-3,10-11,13H2,1H3,(H,20,21). The molecule has 0 saturated heterocycles. The van der Waals surface area contributed by atoms with E-state index in [0.717, 1.165) is 22.8 Å². The largest absolute Gasteiger partial charge is 0.494 e. The maximum atomic E-state index is 12.2. The van der Waals surface area contributed by atoms with Gasteiger partial charge in [-0.15, -0.1) is 11.8 Å². The van der Waals surface area contributed by atoms with Crippen LogP contribution >= 0.6 is 11.8 Å². The Morgan fingerprint density at radius 1 is 1.12 bits per heavy atom. The topological polar surface area (TPSA) is 56.8 Å². The highest BCUT2D eigenvalue weighted by molar-refractivity contribution is 8.00. The van der Waals surface area contributed by atoms with Gasteiger partial charge >= 0.3 is 0 Å². The molecule has 3 rings (SSSR count). The second kappa shape index (κ2) is 8.67. The van der Waals surface area contributed by atoms with Crippen LogP contribution in [-0.4, -0.2) is 31.5 Å². The average molecular weight is 359 g/mol. The third kappa shape index (κ3) is 5.06. The van der Waals surface area contributed by atoms with Gasteiger partial charge in [0.1, 0.15) is 5.75 Å². The molecule has 0 saturated carbocycles. The molecule has 1 aliphatic rings. The smallest absolute Gasteiger partial charge is 0.234 e. The van der Waals surface area contributed by atoms with Gasteiger partial charge in [-0.1, -0.05) is 0 Å². The fourth-order valence-electron chi connectivity index (χ4n) is 2.39. The van der Waals surface area contributed by atoms with Crippen LogP contribution in [-0.2, 0) is 4.79 Å². The molecule has 1 N–H and O–H groups in total. The summed E-state index contributed by atoms with van der Waals surface area (Å²) in [5, 5.41) is 2.89. The van der Waals surface area contributed by atoms with Gasteiger partial charge in [-0.25, -0.2) is 0 Å². The van der Waals surface area contributed by atoms with E-state index in [1.165, 1.54) is 11.8 Å². The van der Waals surface area contributed by atoms with Gasteiger partial charge in [0.25, 0.3) is 0 Å². The van der Waals surface area contributed by atoms with Crippen molar-refractivity contribution in [3.8, 4) is 17.2 Å². The summed E-state index contributed by atoms with van der Waals surface area (Å²) >= 11 is 1.48. The number of benzene rings is 2. The van der Waals surface area contributed by atoms with Gasteiger partial charge in [0.2, 0.25) is 5.91 Å². The lowest BCUT2D eigenvalue weighted by Crippen LogP contribution is -2.14. The number of rotatable bonds is 6. The van der Waals surface area contributed by atoms with Crippen LogP contribution in [0, 0.1) is 0 Å². The van der Waals surface area contributed by atoms with Crippen LogP contribution in [0.25, 0.3) is 0 Å². The van der Waals surface area contributed by atoms with E-state index in [4.69, 9.17) is 14.2 Å². The molecular weight excluding hydrogens is 338 g/mol. The van der Waals surface area contributed by atoms with Crippen LogP contribution in [0.5, 0.6) is 17.2 Å². The van der Waals surface area contributed by atoms with Gasteiger partial charge in [0.05, 0.1) is 25.6 Å². The summed E-state index contributed by atoms with van der Waals surface area (Å²) in [6.45, 7) is 3.87. The van der Waals surface area contributed by atoms with Crippen molar-refractivity contribution in [1.29, 1.82) is 0 Å². The van der Waals surface area contributed by atoms with Gasteiger partial charge in [-0.3, -0.25) is 4.79 Å². The number of nitrogens with one attached hydrogen (secondary N) is 1. The molecule has 0 atom stereocenters. The number of fused-ring (bicyclic) bond motifs is 1. The molecule has 0 spiro atoms. The Balaban J connectivity index is 1.53. The van der Waals surface area contributed by atoms with Crippen molar-refractivity contribution < 1.29 is 19.0 Å². The van der Waals surface area contributed by atoms with Gasteiger partial charge in [-0.2, -0.15) is 0 Å². The lowest BCUT2D eigenvalue weighted by Gasteiger charge is -2.10. The molecule has 6 heteroatoms. The number of thioether (sulfide) groups is 1. The Morgan fingerprint density at radius 3 is 2.64 bits per heavy atom. The van der Waals surface area contributed by atoms with Crippen molar-refractivity contribution in [2.24, 2.45) is 0 Å². The van der Waals surface area contributed by atoms with Crippen LogP contribution < -0.4 is 19.5 Å². The van der Waals surface area contributed by atoms with Crippen LogP contribution in [0.2, 0.25) is 0 Å². The fourth-order valence-corrected chi connectivity index (χ4v) is 3.08. The second-order valence-electron chi connectivity index (χ2n) is 5.45. The normalized spacial score (nSPS) is 13.0. The molecule has 0 radical (unpaired) electrons. The maximum Gasteiger partial charge on any atom is 0.234 e. The summed E-state index contributed by atoms with van der Waals surface area (Å²) < 4.78 is 16.6. The Morgan fingerprint density at radius 2 is 1.88 bits per heavy atom. The van der Waals surface area contributed by atoms with Crippen LogP contribution in [0.15, 0.2) is 47.4 Å². The van der Waals surface area contributed by atoms with E-state index in [-0.39, 0.29) is 5.91 Å².